The molecular formula is C12H19N3O3. The van der Waals surface area contributed by atoms with Crippen molar-refractivity contribution in [3.8, 4) is 0 Å². The van der Waals surface area contributed by atoms with Gasteiger partial charge in [-0.1, -0.05) is 6.92 Å². The fourth-order valence-electron chi connectivity index (χ4n) is 1.58. The number of aryl methyl sites for hydroxylation is 1. The van der Waals surface area contributed by atoms with Crippen molar-refractivity contribution in [3.63, 3.8) is 0 Å². The molecule has 18 heavy (non-hydrogen) atoms. The lowest BCUT2D eigenvalue weighted by Crippen LogP contribution is -2.09. The maximum atomic E-state index is 10.8. The lowest BCUT2D eigenvalue weighted by Gasteiger charge is -2.09. The van der Waals surface area contributed by atoms with Crippen molar-refractivity contribution in [3.05, 3.63) is 27.9 Å². The van der Waals surface area contributed by atoms with Crippen LogP contribution in [0, 0.1) is 23.0 Å². The van der Waals surface area contributed by atoms with Gasteiger partial charge in [-0.25, -0.2) is 4.98 Å². The first-order valence-electron chi connectivity index (χ1n) is 6.01. The first-order chi connectivity index (χ1) is 8.54. The van der Waals surface area contributed by atoms with Crippen LogP contribution >= 0.6 is 0 Å². The smallest absolute Gasteiger partial charge is 0.311 e. The van der Waals surface area contributed by atoms with E-state index in [0.29, 0.717) is 12.4 Å². The lowest BCUT2D eigenvalue weighted by atomic mass is 10.1. The largest absolute Gasteiger partial charge is 0.396 e. The molecule has 0 fully saturated rings. The molecule has 0 spiro atoms. The molecule has 1 rings (SSSR count). The minimum atomic E-state index is -0.439. The van der Waals surface area contributed by atoms with Crippen LogP contribution in [0.2, 0.25) is 0 Å². The summed E-state index contributed by atoms with van der Waals surface area (Å²) in [7, 11) is 0. The van der Waals surface area contributed by atoms with E-state index < -0.39 is 4.92 Å². The van der Waals surface area contributed by atoms with Crippen molar-refractivity contribution in [1.29, 1.82) is 0 Å². The maximum Gasteiger partial charge on any atom is 0.311 e. The van der Waals surface area contributed by atoms with Gasteiger partial charge in [0.05, 0.1) is 4.92 Å². The average Bonchev–Trinajstić information content (AvgIpc) is 2.34. The van der Waals surface area contributed by atoms with Crippen LogP contribution in [0.15, 0.2) is 12.1 Å². The van der Waals surface area contributed by atoms with Gasteiger partial charge in [-0.05, 0) is 31.7 Å². The van der Waals surface area contributed by atoms with Crippen molar-refractivity contribution in [1.82, 2.24) is 4.98 Å². The van der Waals surface area contributed by atoms with E-state index in [1.807, 2.05) is 6.92 Å². The quantitative estimate of drug-likeness (QED) is 0.441. The van der Waals surface area contributed by atoms with Crippen LogP contribution in [-0.4, -0.2) is 28.2 Å². The highest BCUT2D eigenvalue weighted by molar-refractivity contribution is 5.55. The first-order valence-corrected chi connectivity index (χ1v) is 6.01. The molecule has 100 valence electrons. The number of aromatic nitrogens is 1. The number of hydrogen-bond donors (Lipinski definition) is 2. The maximum absolute atomic E-state index is 10.8. The van der Waals surface area contributed by atoms with Gasteiger partial charge >= 0.3 is 5.69 Å². The molecule has 1 atom stereocenters. The summed E-state index contributed by atoms with van der Waals surface area (Å²) < 4.78 is 0. The number of nitrogens with one attached hydrogen (secondary N) is 1. The number of nitro groups is 1. The molecule has 1 aromatic rings. The normalized spacial score (nSPS) is 12.2. The third kappa shape index (κ3) is 4.29. The highest BCUT2D eigenvalue weighted by Gasteiger charge is 2.14. The molecular weight excluding hydrogens is 234 g/mol. The number of hydrogen-bond acceptors (Lipinski definition) is 5. The molecule has 0 aromatic carbocycles. The molecule has 0 amide bonds. The molecule has 0 aliphatic heterocycles. The van der Waals surface area contributed by atoms with Crippen LogP contribution in [0.1, 0.15) is 25.5 Å². The number of aliphatic hydroxyl groups is 1. The van der Waals surface area contributed by atoms with E-state index in [0.717, 1.165) is 18.5 Å². The molecule has 0 bridgehead atoms. The molecule has 1 aromatic heterocycles. The Morgan fingerprint density at radius 1 is 1.56 bits per heavy atom. The second kappa shape index (κ2) is 6.90. The van der Waals surface area contributed by atoms with Gasteiger partial charge in [-0.15, -0.1) is 0 Å². The summed E-state index contributed by atoms with van der Waals surface area (Å²) in [4.78, 5) is 14.5. The third-order valence-corrected chi connectivity index (χ3v) is 2.69. The Balaban J connectivity index is 2.55. The van der Waals surface area contributed by atoms with Crippen LogP contribution in [0.25, 0.3) is 0 Å². The molecule has 0 aliphatic rings. The summed E-state index contributed by atoms with van der Waals surface area (Å²) in [5.74, 6) is 0.573. The Bertz CT molecular complexity index is 410. The minimum Gasteiger partial charge on any atom is -0.396 e. The molecule has 6 nitrogen and oxygen atoms in total. The van der Waals surface area contributed by atoms with Gasteiger partial charge in [-0.2, -0.15) is 0 Å². The monoisotopic (exact) mass is 253 g/mol. The first kappa shape index (κ1) is 14.4. The van der Waals surface area contributed by atoms with Gasteiger partial charge in [0.15, 0.2) is 0 Å². The Labute approximate surface area is 106 Å². The van der Waals surface area contributed by atoms with Crippen LogP contribution in [-0.2, 0) is 0 Å². The number of aliphatic hydroxyl groups excluding tert-OH is 1. The van der Waals surface area contributed by atoms with Crippen LogP contribution in [0.5, 0.6) is 0 Å². The Kier molecular flexibility index (Phi) is 5.51. The van der Waals surface area contributed by atoms with Gasteiger partial charge in [0, 0.05) is 24.9 Å². The SMILES string of the molecule is Cc1ccc([N+](=O)[O-])c(NCCCC(C)CO)n1. The summed E-state index contributed by atoms with van der Waals surface area (Å²) in [6, 6.07) is 3.08. The van der Waals surface area contributed by atoms with Crippen molar-refractivity contribution < 1.29 is 10.0 Å². The summed E-state index contributed by atoms with van der Waals surface area (Å²) in [5.41, 5.74) is 0.739. The zero-order valence-electron chi connectivity index (χ0n) is 10.7. The Hall–Kier alpha value is -1.69. The second-order valence-corrected chi connectivity index (χ2v) is 4.43. The third-order valence-electron chi connectivity index (χ3n) is 2.69. The molecule has 6 heteroatoms. The van der Waals surface area contributed by atoms with Gasteiger partial charge in [0.1, 0.15) is 0 Å². The average molecular weight is 253 g/mol. The van der Waals surface area contributed by atoms with E-state index in [-0.39, 0.29) is 18.2 Å². The summed E-state index contributed by atoms with van der Waals surface area (Å²) >= 11 is 0. The molecule has 1 unspecified atom stereocenters. The van der Waals surface area contributed by atoms with Crippen LogP contribution in [0.4, 0.5) is 11.5 Å². The van der Waals surface area contributed by atoms with Gasteiger partial charge in [-0.3, -0.25) is 10.1 Å². The van der Waals surface area contributed by atoms with Crippen molar-refractivity contribution >= 4 is 11.5 Å². The van der Waals surface area contributed by atoms with Crippen LogP contribution in [0.3, 0.4) is 0 Å². The zero-order valence-corrected chi connectivity index (χ0v) is 10.7. The highest BCUT2D eigenvalue weighted by atomic mass is 16.6. The molecule has 2 N–H and O–H groups in total. The summed E-state index contributed by atoms with van der Waals surface area (Å²) in [5, 5.41) is 22.7. The Morgan fingerprint density at radius 2 is 2.28 bits per heavy atom. The zero-order chi connectivity index (χ0) is 13.5. The van der Waals surface area contributed by atoms with Crippen molar-refractivity contribution in [2.75, 3.05) is 18.5 Å². The van der Waals surface area contributed by atoms with E-state index in [1.54, 1.807) is 13.0 Å². The number of anilines is 1. The van der Waals surface area contributed by atoms with E-state index in [4.69, 9.17) is 5.11 Å². The topological polar surface area (TPSA) is 88.3 Å². The number of rotatable bonds is 7. The standard InChI is InChI=1S/C12H19N3O3/c1-9(8-16)4-3-7-13-12-11(15(17)18)6-5-10(2)14-12/h5-6,9,16H,3-4,7-8H2,1-2H3,(H,13,14). The number of pyridine rings is 1. The van der Waals surface area contributed by atoms with E-state index >= 15 is 0 Å². The van der Waals surface area contributed by atoms with E-state index in [1.165, 1.54) is 6.07 Å². The number of nitrogens with zero attached hydrogens (tertiary/aromatic N) is 2. The van der Waals surface area contributed by atoms with Crippen LogP contribution < -0.4 is 5.32 Å². The Morgan fingerprint density at radius 3 is 2.89 bits per heavy atom. The molecule has 0 radical (unpaired) electrons. The molecule has 0 saturated heterocycles. The molecule has 0 saturated carbocycles. The van der Waals surface area contributed by atoms with Gasteiger partial charge in [0.2, 0.25) is 5.82 Å². The van der Waals surface area contributed by atoms with E-state index in [9.17, 15) is 10.1 Å². The molecule has 1 heterocycles. The van der Waals surface area contributed by atoms with Gasteiger partial charge < -0.3 is 10.4 Å². The highest BCUT2D eigenvalue weighted by Crippen LogP contribution is 2.21. The predicted molar refractivity (Wildman–Crippen MR) is 69.6 cm³/mol. The summed E-state index contributed by atoms with van der Waals surface area (Å²) in [6.45, 7) is 4.54. The predicted octanol–water partition coefficient (Wildman–Crippen LogP) is 2.12. The van der Waals surface area contributed by atoms with Crippen molar-refractivity contribution in [2.45, 2.75) is 26.7 Å². The lowest BCUT2D eigenvalue weighted by molar-refractivity contribution is -0.384. The molecule has 0 aliphatic carbocycles. The summed E-state index contributed by atoms with van der Waals surface area (Å²) in [6.07, 6.45) is 1.72. The minimum absolute atomic E-state index is 0.00388. The fraction of sp³-hybridized carbons (Fsp3) is 0.583. The van der Waals surface area contributed by atoms with Crippen molar-refractivity contribution in [2.24, 2.45) is 5.92 Å². The van der Waals surface area contributed by atoms with Gasteiger partial charge in [0.25, 0.3) is 0 Å². The second-order valence-electron chi connectivity index (χ2n) is 4.43. The fourth-order valence-corrected chi connectivity index (χ4v) is 1.58. The van der Waals surface area contributed by atoms with E-state index in [2.05, 4.69) is 10.3 Å².